The van der Waals surface area contributed by atoms with Crippen LogP contribution in [0.1, 0.15) is 13.8 Å². The zero-order chi connectivity index (χ0) is 13.5. The van der Waals surface area contributed by atoms with Gasteiger partial charge in [0.1, 0.15) is 12.2 Å². The van der Waals surface area contributed by atoms with Crippen molar-refractivity contribution in [1.82, 2.24) is 0 Å². The number of carboxylic acid groups (broad SMARTS) is 2. The van der Waals surface area contributed by atoms with Gasteiger partial charge < -0.3 is 20.4 Å². The van der Waals surface area contributed by atoms with E-state index in [-0.39, 0.29) is 0 Å². The standard InChI is InChI=1S/2C4H6O4/c2*1-2(5)3(6)4(7)8/h2*2,5H,1H3,(H,7,8). The molecule has 8 heteroatoms. The second-order valence-electron chi connectivity index (χ2n) is 2.69. The van der Waals surface area contributed by atoms with E-state index in [0.29, 0.717) is 0 Å². The van der Waals surface area contributed by atoms with Crippen LogP contribution in [0.3, 0.4) is 0 Å². The second kappa shape index (κ2) is 7.49. The molecule has 0 bridgehead atoms. The number of carbonyl (C=O) groups is 4. The maximum Gasteiger partial charge on any atom is 0.374 e. The maximum atomic E-state index is 9.99. The van der Waals surface area contributed by atoms with Crippen LogP contribution in [0.4, 0.5) is 0 Å². The Morgan fingerprint density at radius 3 is 0.938 bits per heavy atom. The average molecular weight is 236 g/mol. The second-order valence-corrected chi connectivity index (χ2v) is 2.69. The molecule has 0 saturated heterocycles. The number of ketones is 2. The highest BCUT2D eigenvalue weighted by Crippen LogP contribution is 1.81. The molecule has 0 radical (unpaired) electrons. The van der Waals surface area contributed by atoms with E-state index in [1.54, 1.807) is 0 Å². The third kappa shape index (κ3) is 7.59. The number of carbonyl (C=O) groups excluding carboxylic acids is 2. The molecule has 0 spiro atoms. The molecular weight excluding hydrogens is 224 g/mol. The molecular formula is C8H12O8. The highest BCUT2D eigenvalue weighted by atomic mass is 16.4. The van der Waals surface area contributed by atoms with Crippen LogP contribution in [-0.2, 0) is 19.2 Å². The third-order valence-electron chi connectivity index (χ3n) is 1.18. The number of hydrogen-bond donors (Lipinski definition) is 4. The van der Waals surface area contributed by atoms with Crippen molar-refractivity contribution in [2.24, 2.45) is 0 Å². The van der Waals surface area contributed by atoms with Crippen LogP contribution in [0.15, 0.2) is 0 Å². The van der Waals surface area contributed by atoms with Gasteiger partial charge in [-0.3, -0.25) is 9.59 Å². The largest absolute Gasteiger partial charge is 0.475 e. The number of aliphatic hydroxyl groups excluding tert-OH is 2. The zero-order valence-electron chi connectivity index (χ0n) is 8.58. The first kappa shape index (κ1) is 16.6. The van der Waals surface area contributed by atoms with E-state index in [1.807, 2.05) is 0 Å². The summed E-state index contributed by atoms with van der Waals surface area (Å²) in [5.41, 5.74) is 0. The molecule has 2 unspecified atom stereocenters. The normalized spacial score (nSPS) is 12.8. The lowest BCUT2D eigenvalue weighted by molar-refractivity contribution is -0.152. The Morgan fingerprint density at radius 1 is 0.750 bits per heavy atom. The molecule has 4 N–H and O–H groups in total. The lowest BCUT2D eigenvalue weighted by Gasteiger charge is -1.93. The first-order valence-corrected chi connectivity index (χ1v) is 4.01. The van der Waals surface area contributed by atoms with Crippen LogP contribution in [0.25, 0.3) is 0 Å². The van der Waals surface area contributed by atoms with E-state index in [1.165, 1.54) is 0 Å². The minimum Gasteiger partial charge on any atom is -0.475 e. The van der Waals surface area contributed by atoms with Crippen molar-refractivity contribution in [2.75, 3.05) is 0 Å². The van der Waals surface area contributed by atoms with Gasteiger partial charge in [0.2, 0.25) is 0 Å². The summed E-state index contributed by atoms with van der Waals surface area (Å²) >= 11 is 0. The first-order valence-electron chi connectivity index (χ1n) is 4.01. The highest BCUT2D eigenvalue weighted by molar-refractivity contribution is 6.34. The fourth-order valence-corrected chi connectivity index (χ4v) is 0.357. The summed E-state index contributed by atoms with van der Waals surface area (Å²) in [7, 11) is 0. The molecule has 0 saturated carbocycles. The SMILES string of the molecule is CC(O)C(=O)C(=O)O.CC(O)C(=O)C(=O)O. The predicted octanol–water partition coefficient (Wildman–Crippen LogP) is -1.96. The minimum absolute atomic E-state index is 1.11. The first-order chi connectivity index (χ1) is 7.11. The summed E-state index contributed by atoms with van der Waals surface area (Å²) in [6.45, 7) is 2.22. The summed E-state index contributed by atoms with van der Waals surface area (Å²) in [6.07, 6.45) is -2.79. The van der Waals surface area contributed by atoms with Crippen LogP contribution >= 0.6 is 0 Å². The molecule has 16 heavy (non-hydrogen) atoms. The molecule has 0 aromatic rings. The quantitative estimate of drug-likeness (QED) is 0.411. The summed E-state index contributed by atoms with van der Waals surface area (Å²) in [6, 6.07) is 0. The molecule has 0 aliphatic heterocycles. The summed E-state index contributed by atoms with van der Waals surface area (Å²) in [4.78, 5) is 39.2. The molecule has 92 valence electrons. The van der Waals surface area contributed by atoms with Gasteiger partial charge in [-0.1, -0.05) is 0 Å². The third-order valence-corrected chi connectivity index (χ3v) is 1.18. The molecule has 0 aliphatic carbocycles. The van der Waals surface area contributed by atoms with E-state index < -0.39 is 35.7 Å². The Labute approximate surface area is 90.1 Å². The van der Waals surface area contributed by atoms with Crippen LogP contribution in [0.5, 0.6) is 0 Å². The fraction of sp³-hybridized carbons (Fsp3) is 0.500. The van der Waals surface area contributed by atoms with Crippen molar-refractivity contribution >= 4 is 23.5 Å². The van der Waals surface area contributed by atoms with Crippen LogP contribution in [0, 0.1) is 0 Å². The zero-order valence-corrected chi connectivity index (χ0v) is 8.58. The molecule has 0 heterocycles. The molecule has 0 rings (SSSR count). The van der Waals surface area contributed by atoms with Gasteiger partial charge in [-0.05, 0) is 13.8 Å². The summed E-state index contributed by atoms with van der Waals surface area (Å²) in [5.74, 6) is -5.55. The number of carboxylic acids is 2. The highest BCUT2D eigenvalue weighted by Gasteiger charge is 2.16. The Kier molecular flexibility index (Phi) is 7.78. The van der Waals surface area contributed by atoms with Gasteiger partial charge in [0, 0.05) is 0 Å². The predicted molar refractivity (Wildman–Crippen MR) is 48.6 cm³/mol. The van der Waals surface area contributed by atoms with Gasteiger partial charge in [-0.2, -0.15) is 0 Å². The summed E-state index contributed by atoms with van der Waals surface area (Å²) in [5, 5.41) is 32.2. The molecule has 0 fully saturated rings. The number of hydrogen-bond acceptors (Lipinski definition) is 6. The van der Waals surface area contributed by atoms with E-state index in [9.17, 15) is 19.2 Å². The van der Waals surface area contributed by atoms with Gasteiger partial charge >= 0.3 is 11.9 Å². The van der Waals surface area contributed by atoms with Gasteiger partial charge in [-0.15, -0.1) is 0 Å². The molecule has 0 aromatic carbocycles. The number of rotatable bonds is 4. The van der Waals surface area contributed by atoms with Crippen LogP contribution < -0.4 is 0 Å². The van der Waals surface area contributed by atoms with E-state index in [2.05, 4.69) is 0 Å². The smallest absolute Gasteiger partial charge is 0.374 e. The van der Waals surface area contributed by atoms with Crippen LogP contribution in [-0.4, -0.2) is 56.1 Å². The van der Waals surface area contributed by atoms with Gasteiger partial charge in [-0.25, -0.2) is 9.59 Å². The Balaban J connectivity index is 0. The average Bonchev–Trinajstić information content (AvgIpc) is 2.15. The van der Waals surface area contributed by atoms with Crippen molar-refractivity contribution in [1.29, 1.82) is 0 Å². The van der Waals surface area contributed by atoms with Gasteiger partial charge in [0.05, 0.1) is 0 Å². The maximum absolute atomic E-state index is 9.99. The van der Waals surface area contributed by atoms with Crippen molar-refractivity contribution in [3.8, 4) is 0 Å². The number of Topliss-reactive ketones (excluding diaryl/α,β-unsaturated/α-hetero) is 2. The number of aliphatic hydroxyl groups is 2. The van der Waals surface area contributed by atoms with E-state index in [0.717, 1.165) is 13.8 Å². The number of aliphatic carboxylic acids is 2. The Bertz CT molecular complexity index is 260. The Morgan fingerprint density at radius 2 is 0.938 bits per heavy atom. The van der Waals surface area contributed by atoms with Gasteiger partial charge in [0.25, 0.3) is 11.6 Å². The topological polar surface area (TPSA) is 149 Å². The van der Waals surface area contributed by atoms with Crippen molar-refractivity contribution in [3.63, 3.8) is 0 Å². The lowest BCUT2D eigenvalue weighted by atomic mass is 10.3. The summed E-state index contributed by atoms with van der Waals surface area (Å²) < 4.78 is 0. The monoisotopic (exact) mass is 236 g/mol. The van der Waals surface area contributed by atoms with E-state index in [4.69, 9.17) is 20.4 Å². The lowest BCUT2D eigenvalue weighted by Crippen LogP contribution is -2.24. The van der Waals surface area contributed by atoms with Crippen molar-refractivity contribution < 1.29 is 39.6 Å². The molecule has 0 aliphatic rings. The Hall–Kier alpha value is -1.80. The van der Waals surface area contributed by atoms with Gasteiger partial charge in [0.15, 0.2) is 0 Å². The van der Waals surface area contributed by atoms with E-state index >= 15 is 0 Å². The molecule has 2 atom stereocenters. The molecule has 0 aromatic heterocycles. The van der Waals surface area contributed by atoms with Crippen LogP contribution in [0.2, 0.25) is 0 Å². The minimum atomic E-state index is -1.60. The van der Waals surface area contributed by atoms with Crippen molar-refractivity contribution in [3.05, 3.63) is 0 Å². The van der Waals surface area contributed by atoms with Crippen molar-refractivity contribution in [2.45, 2.75) is 26.1 Å². The fourth-order valence-electron chi connectivity index (χ4n) is 0.357. The molecule has 0 amide bonds. The molecule has 8 nitrogen and oxygen atoms in total.